The summed E-state index contributed by atoms with van der Waals surface area (Å²) >= 11 is 7.91. The van der Waals surface area contributed by atoms with E-state index in [1.165, 1.54) is 3.57 Å². The van der Waals surface area contributed by atoms with Gasteiger partial charge < -0.3 is 0 Å². The Kier molecular flexibility index (Phi) is 3.58. The maximum Gasteiger partial charge on any atom is 0.0843 e. The van der Waals surface area contributed by atoms with Crippen LogP contribution < -0.4 is 0 Å². The molecular formula is C10H9ClIN3. The van der Waals surface area contributed by atoms with Crippen LogP contribution in [-0.2, 0) is 6.42 Å². The minimum Gasteiger partial charge on any atom is -0.220 e. The average Bonchev–Trinajstić information content (AvgIpc) is 2.68. The van der Waals surface area contributed by atoms with Crippen LogP contribution in [0.2, 0.25) is 0 Å². The topological polar surface area (TPSA) is 30.7 Å². The minimum absolute atomic E-state index is 0.575. The van der Waals surface area contributed by atoms with Crippen LogP contribution in [0.3, 0.4) is 0 Å². The molecule has 1 aromatic carbocycles. The molecule has 0 amide bonds. The van der Waals surface area contributed by atoms with Gasteiger partial charge in [0.15, 0.2) is 0 Å². The fourth-order valence-corrected chi connectivity index (χ4v) is 1.78. The Bertz CT molecular complexity index is 438. The van der Waals surface area contributed by atoms with E-state index in [-0.39, 0.29) is 0 Å². The second-order valence-corrected chi connectivity index (χ2v) is 4.69. The lowest BCUT2D eigenvalue weighted by Gasteiger charge is -1.98. The second-order valence-electron chi connectivity index (χ2n) is 3.07. The smallest absolute Gasteiger partial charge is 0.0843 e. The molecule has 2 rings (SSSR count). The Hall–Kier alpha value is -0.620. The van der Waals surface area contributed by atoms with E-state index in [0.29, 0.717) is 5.88 Å². The summed E-state index contributed by atoms with van der Waals surface area (Å²) in [5, 5.41) is 8.07. The second kappa shape index (κ2) is 4.94. The molecular weight excluding hydrogens is 324 g/mol. The molecule has 0 aliphatic carbocycles. The summed E-state index contributed by atoms with van der Waals surface area (Å²) in [7, 11) is 0. The lowest BCUT2D eigenvalue weighted by Crippen LogP contribution is -1.94. The molecule has 15 heavy (non-hydrogen) atoms. The van der Waals surface area contributed by atoms with Gasteiger partial charge in [-0.2, -0.15) is 0 Å². The molecule has 0 saturated carbocycles. The van der Waals surface area contributed by atoms with Crippen molar-refractivity contribution in [2.75, 3.05) is 5.88 Å². The first-order chi connectivity index (χ1) is 7.29. The van der Waals surface area contributed by atoms with Crippen molar-refractivity contribution in [2.45, 2.75) is 6.42 Å². The number of nitrogens with zero attached hydrogens (tertiary/aromatic N) is 3. The van der Waals surface area contributed by atoms with Crippen LogP contribution in [0.4, 0.5) is 0 Å². The van der Waals surface area contributed by atoms with E-state index < -0.39 is 0 Å². The molecule has 0 N–H and O–H groups in total. The fourth-order valence-electron chi connectivity index (χ4n) is 1.23. The van der Waals surface area contributed by atoms with Gasteiger partial charge in [0.05, 0.1) is 17.6 Å². The van der Waals surface area contributed by atoms with Gasteiger partial charge in [0.1, 0.15) is 0 Å². The SMILES string of the molecule is ClCCc1cn(-c2ccc(I)cc2)nn1. The summed E-state index contributed by atoms with van der Waals surface area (Å²) < 4.78 is 2.97. The van der Waals surface area contributed by atoms with Gasteiger partial charge in [-0.15, -0.1) is 16.7 Å². The van der Waals surface area contributed by atoms with E-state index in [2.05, 4.69) is 32.9 Å². The van der Waals surface area contributed by atoms with Gasteiger partial charge in [0.25, 0.3) is 0 Å². The Morgan fingerprint density at radius 3 is 2.67 bits per heavy atom. The van der Waals surface area contributed by atoms with E-state index in [0.717, 1.165) is 17.8 Å². The summed E-state index contributed by atoms with van der Waals surface area (Å²) in [6.07, 6.45) is 2.66. The van der Waals surface area contributed by atoms with Crippen molar-refractivity contribution in [1.29, 1.82) is 0 Å². The highest BCUT2D eigenvalue weighted by Crippen LogP contribution is 2.10. The molecule has 0 unspecified atom stereocenters. The molecule has 0 saturated heterocycles. The molecule has 0 atom stereocenters. The van der Waals surface area contributed by atoms with Crippen LogP contribution in [0.25, 0.3) is 5.69 Å². The lowest BCUT2D eigenvalue weighted by atomic mass is 10.3. The first-order valence-electron chi connectivity index (χ1n) is 4.53. The number of alkyl halides is 1. The number of rotatable bonds is 3. The zero-order valence-corrected chi connectivity index (χ0v) is 10.8. The zero-order chi connectivity index (χ0) is 10.7. The van der Waals surface area contributed by atoms with Crippen molar-refractivity contribution in [3.63, 3.8) is 0 Å². The maximum absolute atomic E-state index is 5.63. The fraction of sp³-hybridized carbons (Fsp3) is 0.200. The van der Waals surface area contributed by atoms with Gasteiger partial charge in [-0.3, -0.25) is 0 Å². The average molecular weight is 334 g/mol. The third-order valence-electron chi connectivity index (χ3n) is 1.98. The Balaban J connectivity index is 2.25. The molecule has 5 heteroatoms. The van der Waals surface area contributed by atoms with E-state index in [9.17, 15) is 0 Å². The van der Waals surface area contributed by atoms with Crippen molar-refractivity contribution in [3.8, 4) is 5.69 Å². The van der Waals surface area contributed by atoms with Crippen LogP contribution in [0.15, 0.2) is 30.5 Å². The molecule has 2 aromatic rings. The standard InChI is InChI=1S/C10H9ClIN3/c11-6-5-9-7-15(14-13-9)10-3-1-8(12)2-4-10/h1-4,7H,5-6H2. The van der Waals surface area contributed by atoms with Crippen molar-refractivity contribution in [2.24, 2.45) is 0 Å². The zero-order valence-electron chi connectivity index (χ0n) is 7.90. The highest BCUT2D eigenvalue weighted by Gasteiger charge is 2.01. The monoisotopic (exact) mass is 333 g/mol. The Morgan fingerprint density at radius 1 is 1.27 bits per heavy atom. The highest BCUT2D eigenvalue weighted by molar-refractivity contribution is 14.1. The van der Waals surface area contributed by atoms with Gasteiger partial charge in [-0.05, 0) is 46.9 Å². The van der Waals surface area contributed by atoms with Crippen LogP contribution in [-0.4, -0.2) is 20.9 Å². The van der Waals surface area contributed by atoms with E-state index >= 15 is 0 Å². The normalized spacial score (nSPS) is 10.5. The number of aromatic nitrogens is 3. The van der Waals surface area contributed by atoms with Crippen LogP contribution in [0.5, 0.6) is 0 Å². The minimum atomic E-state index is 0.575. The molecule has 3 nitrogen and oxygen atoms in total. The summed E-state index contributed by atoms with van der Waals surface area (Å²) in [5.41, 5.74) is 1.94. The van der Waals surface area contributed by atoms with Crippen molar-refractivity contribution >= 4 is 34.2 Å². The maximum atomic E-state index is 5.63. The van der Waals surface area contributed by atoms with Crippen LogP contribution in [0.1, 0.15) is 5.69 Å². The summed E-state index contributed by atoms with van der Waals surface area (Å²) in [6.45, 7) is 0. The lowest BCUT2D eigenvalue weighted by molar-refractivity contribution is 0.798. The molecule has 0 aliphatic rings. The van der Waals surface area contributed by atoms with Crippen molar-refractivity contribution in [1.82, 2.24) is 15.0 Å². The van der Waals surface area contributed by atoms with Crippen molar-refractivity contribution < 1.29 is 0 Å². The van der Waals surface area contributed by atoms with E-state index in [4.69, 9.17) is 11.6 Å². The molecule has 78 valence electrons. The number of aryl methyl sites for hydroxylation is 1. The van der Waals surface area contributed by atoms with E-state index in [1.54, 1.807) is 4.68 Å². The highest BCUT2D eigenvalue weighted by atomic mass is 127. The Labute approximate surface area is 107 Å². The van der Waals surface area contributed by atoms with E-state index in [1.807, 2.05) is 30.5 Å². The summed E-state index contributed by atoms with van der Waals surface area (Å²) in [6, 6.07) is 8.11. The first kappa shape index (κ1) is 10.9. The largest absolute Gasteiger partial charge is 0.220 e. The quantitative estimate of drug-likeness (QED) is 0.639. The van der Waals surface area contributed by atoms with Crippen LogP contribution >= 0.6 is 34.2 Å². The van der Waals surface area contributed by atoms with Gasteiger partial charge in [0, 0.05) is 15.9 Å². The van der Waals surface area contributed by atoms with Gasteiger partial charge >= 0.3 is 0 Å². The number of halogens is 2. The van der Waals surface area contributed by atoms with Gasteiger partial charge in [-0.1, -0.05) is 5.21 Å². The molecule has 0 aliphatic heterocycles. The molecule has 0 fully saturated rings. The third-order valence-corrected chi connectivity index (χ3v) is 2.89. The predicted octanol–water partition coefficient (Wildman–Crippen LogP) is 2.65. The molecule has 0 radical (unpaired) electrons. The number of hydrogen-bond acceptors (Lipinski definition) is 2. The summed E-state index contributed by atoms with van der Waals surface area (Å²) in [4.78, 5) is 0. The number of hydrogen-bond donors (Lipinski definition) is 0. The molecule has 1 aromatic heterocycles. The van der Waals surface area contributed by atoms with Gasteiger partial charge in [-0.25, -0.2) is 4.68 Å². The molecule has 0 spiro atoms. The Morgan fingerprint density at radius 2 is 2.00 bits per heavy atom. The molecule has 0 bridgehead atoms. The third kappa shape index (κ3) is 2.69. The number of benzene rings is 1. The predicted molar refractivity (Wildman–Crippen MR) is 68.5 cm³/mol. The van der Waals surface area contributed by atoms with Crippen LogP contribution in [0, 0.1) is 3.57 Å². The van der Waals surface area contributed by atoms with Gasteiger partial charge in [0.2, 0.25) is 0 Å². The summed E-state index contributed by atoms with van der Waals surface area (Å²) in [5.74, 6) is 0.575. The van der Waals surface area contributed by atoms with Crippen molar-refractivity contribution in [3.05, 3.63) is 39.7 Å². The molecule has 1 heterocycles. The first-order valence-corrected chi connectivity index (χ1v) is 6.14.